The third kappa shape index (κ3) is 6.15. The Labute approximate surface area is 198 Å². The van der Waals surface area contributed by atoms with Crippen LogP contribution in [-0.4, -0.2) is 73.4 Å². The highest BCUT2D eigenvalue weighted by Crippen LogP contribution is 2.32. The predicted octanol–water partition coefficient (Wildman–Crippen LogP) is 0.986. The third-order valence-electron chi connectivity index (χ3n) is 5.61. The topological polar surface area (TPSA) is 113 Å². The number of hydrogen-bond acceptors (Lipinski definition) is 7. The molecule has 1 aromatic heterocycles. The smallest absolute Gasteiger partial charge is 0.286 e. The molecule has 2 heterocycles. The lowest BCUT2D eigenvalue weighted by Crippen LogP contribution is -2.35. The summed E-state index contributed by atoms with van der Waals surface area (Å²) in [6.45, 7) is 3.21. The maximum atomic E-state index is 13.5. The third-order valence-corrected chi connectivity index (χ3v) is 5.61. The van der Waals surface area contributed by atoms with Crippen molar-refractivity contribution in [3.63, 3.8) is 0 Å². The van der Waals surface area contributed by atoms with Crippen LogP contribution in [-0.2, 0) is 30.8 Å². The van der Waals surface area contributed by atoms with Gasteiger partial charge in [0.15, 0.2) is 5.76 Å². The first-order valence-electron chi connectivity index (χ1n) is 11.3. The molecular formula is C24H33N3O7. The molecule has 10 nitrogen and oxygen atoms in total. The molecule has 1 aliphatic heterocycles. The van der Waals surface area contributed by atoms with E-state index in [-0.39, 0.29) is 43.7 Å². The number of ether oxygens (including phenoxy) is 4. The molecule has 2 aromatic rings. The van der Waals surface area contributed by atoms with Crippen molar-refractivity contribution in [1.29, 1.82) is 0 Å². The summed E-state index contributed by atoms with van der Waals surface area (Å²) in [7, 11) is 3.39. The second-order valence-electron chi connectivity index (χ2n) is 7.85. The quantitative estimate of drug-likeness (QED) is 0.440. The number of para-hydroxylation sites is 1. The van der Waals surface area contributed by atoms with Crippen molar-refractivity contribution in [2.45, 2.75) is 25.6 Å². The van der Waals surface area contributed by atoms with Crippen molar-refractivity contribution < 1.29 is 28.8 Å². The van der Waals surface area contributed by atoms with Gasteiger partial charge in [-0.2, -0.15) is 0 Å². The number of amides is 1. The minimum atomic E-state index is -0.736. The Bertz CT molecular complexity index is 1030. The standard InChI is InChI=1S/C24H33N3O7/c1-17-22(24(30)27(26(17)2)19-7-5-4-6-8-19)18-15-20(23(29)25-9-11-31-3)34-21(16-18)33-14-13-32-12-10-28/h4-8,15,18,21,28H,9-14,16H2,1-3H3,(H,25,29)/t18-,21+/m1/s1. The van der Waals surface area contributed by atoms with Crippen molar-refractivity contribution in [3.05, 3.63) is 63.8 Å². The van der Waals surface area contributed by atoms with E-state index in [4.69, 9.17) is 24.1 Å². The number of allylic oxidation sites excluding steroid dienone is 1. The zero-order chi connectivity index (χ0) is 24.5. The van der Waals surface area contributed by atoms with E-state index >= 15 is 0 Å². The Morgan fingerprint density at radius 1 is 1.21 bits per heavy atom. The molecule has 1 aliphatic rings. The van der Waals surface area contributed by atoms with Crippen LogP contribution in [0.25, 0.3) is 5.69 Å². The first-order chi connectivity index (χ1) is 16.5. The number of nitrogens with one attached hydrogen (secondary N) is 1. The summed E-state index contributed by atoms with van der Waals surface area (Å²) in [4.78, 5) is 26.2. The van der Waals surface area contributed by atoms with Gasteiger partial charge in [-0.3, -0.25) is 14.3 Å². The second-order valence-corrected chi connectivity index (χ2v) is 7.85. The van der Waals surface area contributed by atoms with Crippen molar-refractivity contribution >= 4 is 5.91 Å². The first kappa shape index (κ1) is 25.7. The molecule has 3 rings (SSSR count). The Morgan fingerprint density at radius 2 is 1.97 bits per heavy atom. The van der Waals surface area contributed by atoms with Crippen LogP contribution >= 0.6 is 0 Å². The number of benzene rings is 1. The van der Waals surface area contributed by atoms with Gasteiger partial charge in [0.1, 0.15) is 0 Å². The van der Waals surface area contributed by atoms with Crippen LogP contribution in [0.2, 0.25) is 0 Å². The highest BCUT2D eigenvalue weighted by atomic mass is 16.7. The zero-order valence-electron chi connectivity index (χ0n) is 19.9. The van der Waals surface area contributed by atoms with E-state index in [1.54, 1.807) is 17.9 Å². The van der Waals surface area contributed by atoms with E-state index in [9.17, 15) is 9.59 Å². The van der Waals surface area contributed by atoms with Crippen LogP contribution in [0.1, 0.15) is 23.6 Å². The minimum Gasteiger partial charge on any atom is -0.459 e. The van der Waals surface area contributed by atoms with Crippen LogP contribution in [0, 0.1) is 6.92 Å². The molecule has 0 saturated heterocycles. The van der Waals surface area contributed by atoms with Crippen LogP contribution in [0.5, 0.6) is 0 Å². The molecule has 1 amide bonds. The summed E-state index contributed by atoms with van der Waals surface area (Å²) in [5.74, 6) is -0.685. The maximum absolute atomic E-state index is 13.5. The molecule has 0 spiro atoms. The van der Waals surface area contributed by atoms with E-state index in [1.807, 2.05) is 49.0 Å². The van der Waals surface area contributed by atoms with Gasteiger partial charge < -0.3 is 29.4 Å². The number of aliphatic hydroxyl groups excluding tert-OH is 1. The fraction of sp³-hybridized carbons (Fsp3) is 0.500. The lowest BCUT2D eigenvalue weighted by molar-refractivity contribution is -0.151. The number of carbonyl (C=O) groups excluding carboxylic acids is 1. The van der Waals surface area contributed by atoms with Crippen LogP contribution in [0.4, 0.5) is 0 Å². The number of carbonyl (C=O) groups is 1. The van der Waals surface area contributed by atoms with E-state index in [0.29, 0.717) is 25.1 Å². The molecule has 10 heteroatoms. The fourth-order valence-electron chi connectivity index (χ4n) is 3.89. The highest BCUT2D eigenvalue weighted by molar-refractivity contribution is 5.91. The van der Waals surface area contributed by atoms with Gasteiger partial charge >= 0.3 is 0 Å². The molecule has 0 bridgehead atoms. The van der Waals surface area contributed by atoms with Gasteiger partial charge in [-0.1, -0.05) is 18.2 Å². The van der Waals surface area contributed by atoms with Gasteiger partial charge in [0.05, 0.1) is 38.7 Å². The van der Waals surface area contributed by atoms with Gasteiger partial charge in [-0.05, 0) is 25.1 Å². The number of rotatable bonds is 12. The highest BCUT2D eigenvalue weighted by Gasteiger charge is 2.32. The normalized spacial score (nSPS) is 17.8. The van der Waals surface area contributed by atoms with Crippen LogP contribution in [0.3, 0.4) is 0 Å². The van der Waals surface area contributed by atoms with Gasteiger partial charge in [0.25, 0.3) is 11.5 Å². The summed E-state index contributed by atoms with van der Waals surface area (Å²) >= 11 is 0. The summed E-state index contributed by atoms with van der Waals surface area (Å²) in [5, 5.41) is 11.6. The fourth-order valence-corrected chi connectivity index (χ4v) is 3.89. The number of aromatic nitrogens is 2. The predicted molar refractivity (Wildman–Crippen MR) is 125 cm³/mol. The summed E-state index contributed by atoms with van der Waals surface area (Å²) in [6, 6.07) is 9.40. The first-order valence-corrected chi connectivity index (χ1v) is 11.3. The Morgan fingerprint density at radius 3 is 2.68 bits per heavy atom. The lowest BCUT2D eigenvalue weighted by Gasteiger charge is -2.28. The summed E-state index contributed by atoms with van der Waals surface area (Å²) in [5.41, 5.74) is 1.98. The molecule has 2 N–H and O–H groups in total. The molecular weight excluding hydrogens is 442 g/mol. The van der Waals surface area contributed by atoms with Gasteiger partial charge in [0.2, 0.25) is 6.29 Å². The summed E-state index contributed by atoms with van der Waals surface area (Å²) < 4.78 is 25.3. The van der Waals surface area contributed by atoms with Gasteiger partial charge in [0, 0.05) is 44.3 Å². The molecule has 1 aromatic carbocycles. The molecule has 34 heavy (non-hydrogen) atoms. The Kier molecular flexibility index (Phi) is 9.46. The van der Waals surface area contributed by atoms with E-state index in [0.717, 1.165) is 11.4 Å². The van der Waals surface area contributed by atoms with Crippen LogP contribution < -0.4 is 10.9 Å². The van der Waals surface area contributed by atoms with Crippen molar-refractivity contribution in [3.8, 4) is 5.69 Å². The van der Waals surface area contributed by atoms with Crippen molar-refractivity contribution in [2.75, 3.05) is 46.7 Å². The SMILES string of the molecule is COCCNC(=O)C1=C[C@@H](c2c(C)n(C)n(-c3ccccc3)c2=O)C[C@@H](OCCOCCO)O1. The summed E-state index contributed by atoms with van der Waals surface area (Å²) in [6.07, 6.45) is 1.31. The van der Waals surface area contributed by atoms with Gasteiger partial charge in [-0.15, -0.1) is 0 Å². The molecule has 186 valence electrons. The number of hydrogen-bond donors (Lipinski definition) is 2. The van der Waals surface area contributed by atoms with E-state index in [1.165, 1.54) is 0 Å². The minimum absolute atomic E-state index is 0.0719. The monoisotopic (exact) mass is 475 g/mol. The molecule has 0 saturated carbocycles. The van der Waals surface area contributed by atoms with E-state index < -0.39 is 12.2 Å². The number of aliphatic hydroxyl groups is 1. The Balaban J connectivity index is 1.89. The van der Waals surface area contributed by atoms with Crippen molar-refractivity contribution in [1.82, 2.24) is 14.7 Å². The number of methoxy groups -OCH3 is 1. The van der Waals surface area contributed by atoms with Crippen molar-refractivity contribution in [2.24, 2.45) is 7.05 Å². The molecule has 2 atom stereocenters. The average Bonchev–Trinajstić information content (AvgIpc) is 3.07. The molecule has 0 unspecified atom stereocenters. The van der Waals surface area contributed by atoms with E-state index in [2.05, 4.69) is 5.32 Å². The molecule has 0 aliphatic carbocycles. The Hall–Kier alpha value is -2.92. The zero-order valence-corrected chi connectivity index (χ0v) is 19.9. The lowest BCUT2D eigenvalue weighted by atomic mass is 9.93. The largest absolute Gasteiger partial charge is 0.459 e. The molecule has 0 fully saturated rings. The average molecular weight is 476 g/mol. The second kappa shape index (κ2) is 12.5. The molecule has 0 radical (unpaired) electrons. The van der Waals surface area contributed by atoms with Crippen LogP contribution in [0.15, 0.2) is 47.0 Å². The number of nitrogens with zero attached hydrogens (tertiary/aromatic N) is 2. The van der Waals surface area contributed by atoms with Gasteiger partial charge in [-0.25, -0.2) is 4.68 Å². The maximum Gasteiger partial charge on any atom is 0.286 e.